The third kappa shape index (κ3) is 3.56. The molecule has 0 spiro atoms. The van der Waals surface area contributed by atoms with E-state index in [-0.39, 0.29) is 6.03 Å². The predicted octanol–water partition coefficient (Wildman–Crippen LogP) is 3.51. The maximum Gasteiger partial charge on any atom is 0.327 e. The smallest absolute Gasteiger partial charge is 0.327 e. The van der Waals surface area contributed by atoms with Crippen molar-refractivity contribution in [3.8, 4) is 0 Å². The normalized spacial score (nSPS) is 21.3. The van der Waals surface area contributed by atoms with E-state index >= 15 is 0 Å². The van der Waals surface area contributed by atoms with Gasteiger partial charge in [0.1, 0.15) is 11.8 Å². The summed E-state index contributed by atoms with van der Waals surface area (Å²) in [5.41, 5.74) is 4.28. The van der Waals surface area contributed by atoms with Gasteiger partial charge in [-0.2, -0.15) is 0 Å². The number of fused-ring (bicyclic) bond motifs is 3. The highest BCUT2D eigenvalue weighted by Crippen LogP contribution is 2.37. The van der Waals surface area contributed by atoms with Gasteiger partial charge < -0.3 is 15.1 Å². The van der Waals surface area contributed by atoms with Gasteiger partial charge in [-0.25, -0.2) is 9.78 Å². The number of rotatable bonds is 5. The molecule has 0 aliphatic carbocycles. The molecule has 0 saturated carbocycles. The number of likely N-dealkylation sites (N-methyl/N-ethyl adjacent to an activating group) is 1. The molecule has 2 aliphatic rings. The van der Waals surface area contributed by atoms with E-state index in [0.29, 0.717) is 18.6 Å². The summed E-state index contributed by atoms with van der Waals surface area (Å²) >= 11 is 0. The third-order valence-electron chi connectivity index (χ3n) is 6.48. The lowest BCUT2D eigenvalue weighted by Gasteiger charge is -2.41. The second kappa shape index (κ2) is 8.11. The van der Waals surface area contributed by atoms with E-state index in [1.54, 1.807) is 10.9 Å². The minimum atomic E-state index is -0.107. The zero-order valence-corrected chi connectivity index (χ0v) is 17.5. The Morgan fingerprint density at radius 1 is 1.07 bits per heavy atom. The number of nitrogens with zero attached hydrogens (tertiary/aromatic N) is 4. The van der Waals surface area contributed by atoms with Crippen molar-refractivity contribution in [2.24, 2.45) is 0 Å². The number of carbonyl (C=O) groups excluding carboxylic acids is 1. The Balaban J connectivity index is 1.29. The maximum atomic E-state index is 12.8. The number of benzene rings is 2. The minimum Gasteiger partial charge on any atom is -0.361 e. The number of anilines is 1. The Labute approximate surface area is 177 Å². The molecule has 2 atom stereocenters. The van der Waals surface area contributed by atoms with Gasteiger partial charge in [-0.05, 0) is 50.4 Å². The summed E-state index contributed by atoms with van der Waals surface area (Å²) in [6.07, 6.45) is 6.00. The number of aromatic nitrogens is 2. The van der Waals surface area contributed by atoms with Crippen molar-refractivity contribution in [1.82, 2.24) is 19.8 Å². The fraction of sp³-hybridized carbons (Fsp3) is 0.417. The second-order valence-corrected chi connectivity index (χ2v) is 8.59. The van der Waals surface area contributed by atoms with Crippen molar-refractivity contribution in [2.45, 2.75) is 37.8 Å². The highest BCUT2D eigenvalue weighted by atomic mass is 16.2. The summed E-state index contributed by atoms with van der Waals surface area (Å²) < 4.78 is 1.65. The van der Waals surface area contributed by atoms with E-state index in [0.717, 1.165) is 37.0 Å². The molecule has 156 valence electrons. The standard InChI is InChI=1S/C24H29N5O/c1-27-15-19-12-13-20(16-27)29(19)22-11-5-10-21-23(22)26-17-28(21)24(30)25-14-6-9-18-7-3-2-4-8-18/h2-5,7-8,10-11,17,19-20H,6,9,12-16H2,1H3,(H,25,30). The summed E-state index contributed by atoms with van der Waals surface area (Å²) in [5, 5.41) is 3.05. The van der Waals surface area contributed by atoms with E-state index < -0.39 is 0 Å². The molecule has 3 aromatic rings. The fourth-order valence-electron chi connectivity index (χ4n) is 5.12. The van der Waals surface area contributed by atoms with Crippen molar-refractivity contribution in [3.05, 3.63) is 60.4 Å². The molecule has 1 N–H and O–H groups in total. The Bertz CT molecular complexity index is 1020. The fourth-order valence-corrected chi connectivity index (χ4v) is 5.12. The molecule has 2 bridgehead atoms. The van der Waals surface area contributed by atoms with Crippen LogP contribution in [0.2, 0.25) is 0 Å². The van der Waals surface area contributed by atoms with E-state index in [9.17, 15) is 4.79 Å². The molecule has 1 amide bonds. The Hall–Kier alpha value is -2.86. The van der Waals surface area contributed by atoms with Gasteiger partial charge in [0.15, 0.2) is 0 Å². The summed E-state index contributed by atoms with van der Waals surface area (Å²) in [6, 6.07) is 17.5. The zero-order chi connectivity index (χ0) is 20.5. The number of amides is 1. The van der Waals surface area contributed by atoms with Crippen LogP contribution in [-0.4, -0.2) is 59.2 Å². The van der Waals surface area contributed by atoms with Crippen LogP contribution in [0.25, 0.3) is 11.0 Å². The van der Waals surface area contributed by atoms with Gasteiger partial charge in [0, 0.05) is 31.7 Å². The van der Waals surface area contributed by atoms with E-state index in [1.165, 1.54) is 24.1 Å². The molecule has 2 saturated heterocycles. The first-order valence-corrected chi connectivity index (χ1v) is 11.0. The van der Waals surface area contributed by atoms with Gasteiger partial charge in [0.05, 0.1) is 11.2 Å². The summed E-state index contributed by atoms with van der Waals surface area (Å²) in [4.78, 5) is 22.4. The molecule has 5 rings (SSSR count). The van der Waals surface area contributed by atoms with Crippen molar-refractivity contribution in [1.29, 1.82) is 0 Å². The third-order valence-corrected chi connectivity index (χ3v) is 6.48. The molecule has 2 aromatic carbocycles. The molecule has 6 nitrogen and oxygen atoms in total. The highest BCUT2D eigenvalue weighted by Gasteiger charge is 2.39. The quantitative estimate of drug-likeness (QED) is 0.663. The lowest BCUT2D eigenvalue weighted by Crippen LogP contribution is -2.52. The number of aryl methyl sites for hydroxylation is 1. The molecule has 1 aromatic heterocycles. The Morgan fingerprint density at radius 2 is 1.83 bits per heavy atom. The van der Waals surface area contributed by atoms with Crippen LogP contribution in [0.15, 0.2) is 54.9 Å². The molecular formula is C24H29N5O. The number of piperazine rings is 1. The Kier molecular flexibility index (Phi) is 5.17. The molecule has 2 unspecified atom stereocenters. The number of para-hydroxylation sites is 1. The average Bonchev–Trinajstić information content (AvgIpc) is 3.31. The van der Waals surface area contributed by atoms with E-state index in [4.69, 9.17) is 0 Å². The van der Waals surface area contributed by atoms with Gasteiger partial charge in [-0.3, -0.25) is 4.57 Å². The first kappa shape index (κ1) is 19.1. The van der Waals surface area contributed by atoms with Crippen LogP contribution in [0.1, 0.15) is 24.8 Å². The van der Waals surface area contributed by atoms with E-state index in [1.807, 2.05) is 12.1 Å². The number of nitrogens with one attached hydrogen (secondary N) is 1. The number of hydrogen-bond donors (Lipinski definition) is 1. The van der Waals surface area contributed by atoms with Crippen LogP contribution >= 0.6 is 0 Å². The maximum absolute atomic E-state index is 12.8. The largest absolute Gasteiger partial charge is 0.361 e. The van der Waals surface area contributed by atoms with Crippen LogP contribution in [0.5, 0.6) is 0 Å². The second-order valence-electron chi connectivity index (χ2n) is 8.59. The average molecular weight is 404 g/mol. The van der Waals surface area contributed by atoms with E-state index in [2.05, 4.69) is 63.5 Å². The molecule has 3 heterocycles. The van der Waals surface area contributed by atoms with Crippen LogP contribution in [0, 0.1) is 0 Å². The summed E-state index contributed by atoms with van der Waals surface area (Å²) in [7, 11) is 2.21. The highest BCUT2D eigenvalue weighted by molar-refractivity contribution is 5.95. The number of imidazole rings is 1. The molecule has 2 fully saturated rings. The molecule has 0 radical (unpaired) electrons. The van der Waals surface area contributed by atoms with Gasteiger partial charge in [-0.1, -0.05) is 36.4 Å². The van der Waals surface area contributed by atoms with Gasteiger partial charge >= 0.3 is 6.03 Å². The van der Waals surface area contributed by atoms with Crippen LogP contribution < -0.4 is 10.2 Å². The minimum absolute atomic E-state index is 0.107. The number of likely N-dealkylation sites (tertiary alicyclic amines) is 1. The van der Waals surface area contributed by atoms with Crippen LogP contribution in [0.3, 0.4) is 0 Å². The van der Waals surface area contributed by atoms with Crippen LogP contribution in [-0.2, 0) is 6.42 Å². The zero-order valence-electron chi connectivity index (χ0n) is 17.5. The lowest BCUT2D eigenvalue weighted by atomic mass is 10.1. The summed E-state index contributed by atoms with van der Waals surface area (Å²) in [6.45, 7) is 2.83. The first-order chi connectivity index (χ1) is 14.7. The van der Waals surface area contributed by atoms with Gasteiger partial charge in [-0.15, -0.1) is 0 Å². The summed E-state index contributed by atoms with van der Waals surface area (Å²) in [5.74, 6) is 0. The molecule has 6 heteroatoms. The van der Waals surface area contributed by atoms with Crippen molar-refractivity contribution in [2.75, 3.05) is 31.6 Å². The van der Waals surface area contributed by atoms with Crippen molar-refractivity contribution < 1.29 is 4.79 Å². The first-order valence-electron chi connectivity index (χ1n) is 11.0. The molecule has 2 aliphatic heterocycles. The number of hydrogen-bond acceptors (Lipinski definition) is 4. The topological polar surface area (TPSA) is 53.4 Å². The van der Waals surface area contributed by atoms with Crippen molar-refractivity contribution >= 4 is 22.8 Å². The molecular weight excluding hydrogens is 374 g/mol. The molecule has 30 heavy (non-hydrogen) atoms. The van der Waals surface area contributed by atoms with Gasteiger partial charge in [0.25, 0.3) is 0 Å². The number of carbonyl (C=O) groups is 1. The Morgan fingerprint density at radius 3 is 2.60 bits per heavy atom. The van der Waals surface area contributed by atoms with Gasteiger partial charge in [0.2, 0.25) is 0 Å². The predicted molar refractivity (Wildman–Crippen MR) is 120 cm³/mol. The lowest BCUT2D eigenvalue weighted by molar-refractivity contribution is 0.243. The monoisotopic (exact) mass is 403 g/mol. The SMILES string of the molecule is CN1CC2CCC(C1)N2c1cccc2c1ncn2C(=O)NCCCc1ccccc1. The van der Waals surface area contributed by atoms with Crippen LogP contribution in [0.4, 0.5) is 10.5 Å². The van der Waals surface area contributed by atoms with Crippen molar-refractivity contribution in [3.63, 3.8) is 0 Å².